The van der Waals surface area contributed by atoms with Crippen molar-refractivity contribution < 1.29 is 0 Å². The Labute approximate surface area is 206 Å². The van der Waals surface area contributed by atoms with E-state index in [1.165, 1.54) is 41.7 Å². The van der Waals surface area contributed by atoms with Gasteiger partial charge in [-0.15, -0.1) is 32.9 Å². The van der Waals surface area contributed by atoms with E-state index in [2.05, 4.69) is 56.8 Å². The Morgan fingerprint density at radius 1 is 1.12 bits per heavy atom. The number of piperidine rings is 1. The fourth-order valence-electron chi connectivity index (χ4n) is 5.39. The summed E-state index contributed by atoms with van der Waals surface area (Å²) in [6.45, 7) is 9.76. The van der Waals surface area contributed by atoms with Crippen LogP contribution in [0, 0.1) is 26.7 Å². The lowest BCUT2D eigenvalue weighted by Crippen LogP contribution is -2.27. The third-order valence-corrected chi connectivity index (χ3v) is 10.2. The molecule has 3 aromatic heterocycles. The van der Waals surface area contributed by atoms with E-state index in [1.807, 2.05) is 25.6 Å². The van der Waals surface area contributed by atoms with Crippen molar-refractivity contribution in [1.82, 2.24) is 29.6 Å². The third kappa shape index (κ3) is 3.83. The molecule has 33 heavy (non-hydrogen) atoms. The minimum absolute atomic E-state index is 0.377. The molecule has 1 aliphatic heterocycles. The van der Waals surface area contributed by atoms with Crippen molar-refractivity contribution in [2.75, 3.05) is 25.4 Å². The van der Waals surface area contributed by atoms with Crippen LogP contribution in [0.5, 0.6) is 0 Å². The van der Waals surface area contributed by atoms with Crippen LogP contribution in [0.25, 0.3) is 20.9 Å². The Balaban J connectivity index is 1.04. The molecule has 0 N–H and O–H groups in total. The number of aromatic nitrogens is 5. The van der Waals surface area contributed by atoms with E-state index in [0.717, 1.165) is 49.8 Å². The summed E-state index contributed by atoms with van der Waals surface area (Å²) in [4.78, 5) is 13.0. The molecule has 1 aliphatic carbocycles. The average Bonchev–Trinajstić information content (AvgIpc) is 3.15. The Kier molecular flexibility index (Phi) is 5.36. The standard InChI is InChI=1S/C24H28N6S3/c1-14-21(33-15(2)25-14)22-27-28-23(29(22)4)31-9-5-8-30-12-18-11-24(18,13-30)17-6-7-20-19(10-17)26-16(3)32-20/h6-7,10,18H,5,8-9,11-13H2,1-4H3/t18-,24+/m1/s1. The number of nitrogens with zero attached hydrogens (tertiary/aromatic N) is 6. The van der Waals surface area contributed by atoms with Crippen LogP contribution in [0.4, 0.5) is 0 Å². The van der Waals surface area contributed by atoms with Gasteiger partial charge in [-0.05, 0) is 63.8 Å². The van der Waals surface area contributed by atoms with Gasteiger partial charge in [0, 0.05) is 31.3 Å². The minimum atomic E-state index is 0.377. The van der Waals surface area contributed by atoms with E-state index in [1.54, 1.807) is 22.7 Å². The van der Waals surface area contributed by atoms with Gasteiger partial charge >= 0.3 is 0 Å². The van der Waals surface area contributed by atoms with Gasteiger partial charge in [-0.1, -0.05) is 17.8 Å². The number of thioether (sulfide) groups is 1. The highest BCUT2D eigenvalue weighted by molar-refractivity contribution is 7.99. The summed E-state index contributed by atoms with van der Waals surface area (Å²) >= 11 is 5.29. The maximum Gasteiger partial charge on any atom is 0.191 e. The van der Waals surface area contributed by atoms with Crippen LogP contribution in [0.1, 0.15) is 34.1 Å². The average molecular weight is 497 g/mol. The molecular weight excluding hydrogens is 469 g/mol. The number of fused-ring (bicyclic) bond motifs is 2. The molecular formula is C24H28N6S3. The van der Waals surface area contributed by atoms with Crippen molar-refractivity contribution in [2.24, 2.45) is 13.0 Å². The Morgan fingerprint density at radius 3 is 2.79 bits per heavy atom. The van der Waals surface area contributed by atoms with Crippen molar-refractivity contribution in [1.29, 1.82) is 0 Å². The summed E-state index contributed by atoms with van der Waals surface area (Å²) in [5, 5.41) is 12.1. The fourth-order valence-corrected chi connectivity index (χ4v) is 7.97. The topological polar surface area (TPSA) is 59.7 Å². The molecule has 2 atom stereocenters. The first-order valence-electron chi connectivity index (χ1n) is 11.5. The molecule has 6 nitrogen and oxygen atoms in total. The highest BCUT2D eigenvalue weighted by Gasteiger charge is 2.60. The quantitative estimate of drug-likeness (QED) is 0.258. The SMILES string of the molecule is Cc1nc(C)c(-c2nnc(SCCCN3C[C@H]4C[C@@]4(c4ccc5sc(C)nc5c4)C3)n2C)s1. The van der Waals surface area contributed by atoms with Gasteiger partial charge in [0.05, 0.1) is 30.8 Å². The van der Waals surface area contributed by atoms with E-state index >= 15 is 0 Å². The Morgan fingerprint density at radius 2 is 1.97 bits per heavy atom. The first-order chi connectivity index (χ1) is 15.9. The molecule has 1 aromatic carbocycles. The first kappa shape index (κ1) is 21.7. The van der Waals surface area contributed by atoms with Gasteiger partial charge in [0.25, 0.3) is 0 Å². The number of hydrogen-bond donors (Lipinski definition) is 0. The van der Waals surface area contributed by atoms with Gasteiger partial charge in [-0.25, -0.2) is 9.97 Å². The summed E-state index contributed by atoms with van der Waals surface area (Å²) < 4.78 is 3.42. The highest BCUT2D eigenvalue weighted by Crippen LogP contribution is 2.59. The van der Waals surface area contributed by atoms with Gasteiger partial charge in [-0.2, -0.15) is 0 Å². The number of thiazole rings is 2. The molecule has 2 aliphatic rings. The van der Waals surface area contributed by atoms with Crippen LogP contribution in [0.2, 0.25) is 0 Å². The largest absolute Gasteiger partial charge is 0.304 e. The van der Waals surface area contributed by atoms with Gasteiger partial charge < -0.3 is 9.47 Å². The Bertz CT molecular complexity index is 1340. The number of hydrogen-bond acceptors (Lipinski definition) is 8. The van der Waals surface area contributed by atoms with Crippen molar-refractivity contribution >= 4 is 44.7 Å². The molecule has 6 rings (SSSR count). The molecule has 1 saturated carbocycles. The van der Waals surface area contributed by atoms with Gasteiger partial charge in [0.15, 0.2) is 11.0 Å². The maximum absolute atomic E-state index is 4.72. The molecule has 4 aromatic rings. The van der Waals surface area contributed by atoms with E-state index in [-0.39, 0.29) is 0 Å². The van der Waals surface area contributed by atoms with Crippen LogP contribution >= 0.6 is 34.4 Å². The molecule has 172 valence electrons. The molecule has 0 spiro atoms. The predicted octanol–water partition coefficient (Wildman–Crippen LogP) is 5.23. The second-order valence-electron chi connectivity index (χ2n) is 9.42. The lowest BCUT2D eigenvalue weighted by molar-refractivity contribution is 0.299. The number of likely N-dealkylation sites (tertiary alicyclic amines) is 1. The van der Waals surface area contributed by atoms with E-state index in [4.69, 9.17) is 4.98 Å². The van der Waals surface area contributed by atoms with Crippen molar-refractivity contribution in [3.8, 4) is 10.7 Å². The molecule has 1 saturated heterocycles. The summed E-state index contributed by atoms with van der Waals surface area (Å²) in [5.74, 6) is 2.80. The lowest BCUT2D eigenvalue weighted by Gasteiger charge is -2.21. The minimum Gasteiger partial charge on any atom is -0.304 e. The smallest absolute Gasteiger partial charge is 0.191 e. The van der Waals surface area contributed by atoms with Crippen LogP contribution in [-0.4, -0.2) is 55.0 Å². The normalized spacial score (nSPS) is 22.4. The van der Waals surface area contributed by atoms with Crippen LogP contribution in [-0.2, 0) is 12.5 Å². The molecule has 0 radical (unpaired) electrons. The van der Waals surface area contributed by atoms with Gasteiger partial charge in [0.1, 0.15) is 0 Å². The summed E-state index contributed by atoms with van der Waals surface area (Å²) in [6.07, 6.45) is 2.50. The molecule has 4 heterocycles. The van der Waals surface area contributed by atoms with Gasteiger partial charge in [-0.3, -0.25) is 0 Å². The summed E-state index contributed by atoms with van der Waals surface area (Å²) in [7, 11) is 2.06. The molecule has 2 fully saturated rings. The monoisotopic (exact) mass is 496 g/mol. The molecule has 0 amide bonds. The number of benzene rings is 1. The van der Waals surface area contributed by atoms with Crippen molar-refractivity contribution in [2.45, 2.75) is 44.2 Å². The number of rotatable bonds is 7. The van der Waals surface area contributed by atoms with Crippen LogP contribution in [0.3, 0.4) is 0 Å². The molecule has 0 unspecified atom stereocenters. The lowest BCUT2D eigenvalue weighted by atomic mass is 9.95. The van der Waals surface area contributed by atoms with Gasteiger partial charge in [0.2, 0.25) is 0 Å². The second-order valence-corrected chi connectivity index (χ2v) is 12.9. The molecule has 0 bridgehead atoms. The van der Waals surface area contributed by atoms with Crippen LogP contribution in [0.15, 0.2) is 23.4 Å². The van der Waals surface area contributed by atoms with Crippen molar-refractivity contribution in [3.05, 3.63) is 39.5 Å². The maximum atomic E-state index is 4.72. The van der Waals surface area contributed by atoms with E-state index in [9.17, 15) is 0 Å². The second kappa shape index (κ2) is 8.15. The summed E-state index contributed by atoms with van der Waals surface area (Å²) in [6, 6.07) is 7.00. The molecule has 9 heteroatoms. The third-order valence-electron chi connectivity index (χ3n) is 7.08. The zero-order valence-corrected chi connectivity index (χ0v) is 21.9. The zero-order chi connectivity index (χ0) is 22.7. The van der Waals surface area contributed by atoms with Crippen molar-refractivity contribution in [3.63, 3.8) is 0 Å². The van der Waals surface area contributed by atoms with E-state index < -0.39 is 0 Å². The zero-order valence-electron chi connectivity index (χ0n) is 19.5. The predicted molar refractivity (Wildman–Crippen MR) is 138 cm³/mol. The Hall–Kier alpha value is -1.81. The van der Waals surface area contributed by atoms with Crippen LogP contribution < -0.4 is 0 Å². The van der Waals surface area contributed by atoms with E-state index in [0.29, 0.717) is 5.41 Å². The number of aryl methyl sites for hydroxylation is 3. The first-order valence-corrected chi connectivity index (χ1v) is 14.1. The fraction of sp³-hybridized carbons (Fsp3) is 0.500. The highest BCUT2D eigenvalue weighted by atomic mass is 32.2. The summed E-state index contributed by atoms with van der Waals surface area (Å²) in [5.41, 5.74) is 4.09.